The summed E-state index contributed by atoms with van der Waals surface area (Å²) in [5.74, 6) is 1.94. The summed E-state index contributed by atoms with van der Waals surface area (Å²) in [6.07, 6.45) is 0. The van der Waals surface area contributed by atoms with Crippen LogP contribution in [0.1, 0.15) is 22.3 Å². The summed E-state index contributed by atoms with van der Waals surface area (Å²) in [6, 6.07) is 75.5. The third kappa shape index (κ3) is 6.01. The lowest BCUT2D eigenvalue weighted by Crippen LogP contribution is -2.34. The van der Waals surface area contributed by atoms with Crippen LogP contribution in [0, 0.1) is 0 Å². The van der Waals surface area contributed by atoms with Crippen LogP contribution in [0.15, 0.2) is 222 Å². The average Bonchev–Trinajstić information content (AvgIpc) is 3.29. The molecule has 0 aliphatic carbocycles. The Labute approximate surface area is 331 Å². The van der Waals surface area contributed by atoms with Crippen LogP contribution in [0.3, 0.4) is 0 Å². The molecular formula is C52H35N3S. The first-order chi connectivity index (χ1) is 27.7. The molecule has 0 fully saturated rings. The second-order valence-electron chi connectivity index (χ2n) is 14.0. The fourth-order valence-electron chi connectivity index (χ4n) is 8.04. The van der Waals surface area contributed by atoms with Crippen molar-refractivity contribution in [1.82, 2.24) is 15.0 Å². The summed E-state index contributed by atoms with van der Waals surface area (Å²) in [4.78, 5) is 17.4. The van der Waals surface area contributed by atoms with Gasteiger partial charge in [-0.3, -0.25) is 0 Å². The molecule has 1 aliphatic heterocycles. The molecule has 0 saturated carbocycles. The highest BCUT2D eigenvalue weighted by molar-refractivity contribution is 7.99. The summed E-state index contributed by atoms with van der Waals surface area (Å²) >= 11 is 1.86. The lowest BCUT2D eigenvalue weighted by molar-refractivity contribution is 0.703. The fourth-order valence-corrected chi connectivity index (χ4v) is 9.21. The predicted molar refractivity (Wildman–Crippen MR) is 229 cm³/mol. The molecule has 3 nitrogen and oxygen atoms in total. The van der Waals surface area contributed by atoms with E-state index < -0.39 is 5.41 Å². The van der Waals surface area contributed by atoms with Gasteiger partial charge in [-0.05, 0) is 74.8 Å². The number of nitrogens with zero attached hydrogens (tertiary/aromatic N) is 3. The predicted octanol–water partition coefficient (Wildman–Crippen LogP) is 13.1. The van der Waals surface area contributed by atoms with Gasteiger partial charge in [-0.2, -0.15) is 0 Å². The summed E-state index contributed by atoms with van der Waals surface area (Å²) in [6.45, 7) is 0. The molecule has 0 bridgehead atoms. The topological polar surface area (TPSA) is 38.7 Å². The van der Waals surface area contributed by atoms with E-state index in [1.165, 1.54) is 37.6 Å². The van der Waals surface area contributed by atoms with E-state index in [2.05, 4.69) is 152 Å². The van der Waals surface area contributed by atoms with Gasteiger partial charge in [0.1, 0.15) is 0 Å². The molecular weight excluding hydrogens is 699 g/mol. The molecule has 0 saturated heterocycles. The van der Waals surface area contributed by atoms with Crippen LogP contribution in [0.5, 0.6) is 0 Å². The highest BCUT2D eigenvalue weighted by Crippen LogP contribution is 2.56. The van der Waals surface area contributed by atoms with Gasteiger partial charge in [0.05, 0.1) is 5.41 Å². The van der Waals surface area contributed by atoms with E-state index >= 15 is 0 Å². The van der Waals surface area contributed by atoms with E-state index in [4.69, 9.17) is 15.0 Å². The maximum atomic E-state index is 5.00. The van der Waals surface area contributed by atoms with Crippen LogP contribution < -0.4 is 0 Å². The zero-order valence-electron chi connectivity index (χ0n) is 30.5. The van der Waals surface area contributed by atoms with Gasteiger partial charge in [-0.15, -0.1) is 0 Å². The lowest BCUT2D eigenvalue weighted by atomic mass is 9.64. The molecule has 1 aromatic heterocycles. The molecule has 0 spiro atoms. The number of aromatic nitrogens is 3. The third-order valence-electron chi connectivity index (χ3n) is 10.7. The lowest BCUT2D eigenvalue weighted by Gasteiger charge is -2.42. The number of hydrogen-bond acceptors (Lipinski definition) is 4. The van der Waals surface area contributed by atoms with Crippen molar-refractivity contribution in [2.45, 2.75) is 15.2 Å². The van der Waals surface area contributed by atoms with Crippen molar-refractivity contribution in [3.63, 3.8) is 0 Å². The van der Waals surface area contributed by atoms with Gasteiger partial charge >= 0.3 is 0 Å². The molecule has 1 aliphatic rings. The largest absolute Gasteiger partial charge is 0.208 e. The van der Waals surface area contributed by atoms with Crippen LogP contribution in [0.4, 0.5) is 0 Å². The summed E-state index contributed by atoms with van der Waals surface area (Å²) in [7, 11) is 0. The van der Waals surface area contributed by atoms with Crippen molar-refractivity contribution in [2.75, 3.05) is 0 Å². The van der Waals surface area contributed by atoms with E-state index in [1.54, 1.807) is 0 Å². The van der Waals surface area contributed by atoms with Gasteiger partial charge in [0, 0.05) is 26.5 Å². The van der Waals surface area contributed by atoms with Crippen LogP contribution in [0.25, 0.3) is 56.4 Å². The molecule has 10 rings (SSSR count). The first kappa shape index (κ1) is 33.7. The van der Waals surface area contributed by atoms with Crippen molar-refractivity contribution in [2.24, 2.45) is 0 Å². The van der Waals surface area contributed by atoms with Crippen LogP contribution in [-0.4, -0.2) is 15.0 Å². The second-order valence-corrected chi connectivity index (χ2v) is 15.1. The molecule has 4 heteroatoms. The minimum absolute atomic E-state index is 0.483. The Morgan fingerprint density at radius 3 is 1.23 bits per heavy atom. The van der Waals surface area contributed by atoms with Gasteiger partial charge in [-0.1, -0.05) is 194 Å². The molecule has 0 radical (unpaired) electrons. The standard InChI is InChI=1S/C52H35N3S/c1-5-17-36(18-6-1)49-53-50(37-19-7-2-8-20-37)55-51(54-49)42-24-16-23-40(34-42)38-21-15-22-39(33-38)41-31-32-48-46(35-41)52(43-25-9-3-10-26-43,44-27-11-4-12-28-44)45-29-13-14-30-47(45)56-48/h1-35H. The van der Waals surface area contributed by atoms with Gasteiger partial charge in [0.25, 0.3) is 0 Å². The van der Waals surface area contributed by atoms with Crippen molar-refractivity contribution in [3.8, 4) is 56.4 Å². The summed E-state index contributed by atoms with van der Waals surface area (Å²) in [5.41, 5.74) is 12.0. The Hall–Kier alpha value is -6.88. The van der Waals surface area contributed by atoms with Gasteiger partial charge in [0.2, 0.25) is 0 Å². The normalized spacial score (nSPS) is 12.7. The molecule has 0 amide bonds. The molecule has 56 heavy (non-hydrogen) atoms. The minimum Gasteiger partial charge on any atom is -0.208 e. The highest BCUT2D eigenvalue weighted by Gasteiger charge is 2.44. The molecule has 0 atom stereocenters. The van der Waals surface area contributed by atoms with Crippen molar-refractivity contribution in [3.05, 3.63) is 235 Å². The van der Waals surface area contributed by atoms with Crippen molar-refractivity contribution < 1.29 is 0 Å². The average molecular weight is 734 g/mol. The number of fused-ring (bicyclic) bond motifs is 2. The second kappa shape index (κ2) is 14.4. The number of benzene rings is 8. The fraction of sp³-hybridized carbons (Fsp3) is 0.0192. The molecule has 264 valence electrons. The molecule has 9 aromatic rings. The molecule has 2 heterocycles. The highest BCUT2D eigenvalue weighted by atomic mass is 32.2. The zero-order chi connectivity index (χ0) is 37.3. The Morgan fingerprint density at radius 1 is 0.286 bits per heavy atom. The van der Waals surface area contributed by atoms with E-state index in [9.17, 15) is 0 Å². The van der Waals surface area contributed by atoms with Crippen LogP contribution in [-0.2, 0) is 5.41 Å². The molecule has 8 aromatic carbocycles. The van der Waals surface area contributed by atoms with E-state index in [0.717, 1.165) is 33.4 Å². The van der Waals surface area contributed by atoms with Gasteiger partial charge in [-0.25, -0.2) is 15.0 Å². The maximum absolute atomic E-state index is 5.00. The Bertz CT molecular complexity index is 2720. The summed E-state index contributed by atoms with van der Waals surface area (Å²) < 4.78 is 0. The van der Waals surface area contributed by atoms with Crippen molar-refractivity contribution >= 4 is 11.8 Å². The van der Waals surface area contributed by atoms with Crippen LogP contribution >= 0.6 is 11.8 Å². The maximum Gasteiger partial charge on any atom is 0.164 e. The Balaban J connectivity index is 1.08. The minimum atomic E-state index is -0.483. The molecule has 0 N–H and O–H groups in total. The van der Waals surface area contributed by atoms with E-state index in [1.807, 2.05) is 72.4 Å². The van der Waals surface area contributed by atoms with Crippen molar-refractivity contribution in [1.29, 1.82) is 0 Å². The Kier molecular flexibility index (Phi) is 8.66. The first-order valence-electron chi connectivity index (χ1n) is 18.9. The quantitative estimate of drug-likeness (QED) is 0.163. The monoisotopic (exact) mass is 733 g/mol. The van der Waals surface area contributed by atoms with E-state index in [0.29, 0.717) is 17.5 Å². The number of hydrogen-bond donors (Lipinski definition) is 0. The smallest absolute Gasteiger partial charge is 0.164 e. The van der Waals surface area contributed by atoms with E-state index in [-0.39, 0.29) is 0 Å². The van der Waals surface area contributed by atoms with Gasteiger partial charge < -0.3 is 0 Å². The third-order valence-corrected chi connectivity index (χ3v) is 11.8. The zero-order valence-corrected chi connectivity index (χ0v) is 31.3. The van der Waals surface area contributed by atoms with Gasteiger partial charge in [0.15, 0.2) is 17.5 Å². The van der Waals surface area contributed by atoms with Crippen LogP contribution in [0.2, 0.25) is 0 Å². The SMILES string of the molecule is c1ccc(-c2nc(-c3ccccc3)nc(-c3cccc(-c4cccc(-c5ccc6c(c5)C(c5ccccc5)(c5ccccc5)c5ccccc5S6)c4)c3)n2)cc1. The summed E-state index contributed by atoms with van der Waals surface area (Å²) in [5, 5.41) is 0. The number of rotatable bonds is 7. The Morgan fingerprint density at radius 2 is 0.679 bits per heavy atom. The first-order valence-corrected chi connectivity index (χ1v) is 19.7. The molecule has 0 unspecified atom stereocenters.